The van der Waals surface area contributed by atoms with Gasteiger partial charge in [0, 0.05) is 12.7 Å². The van der Waals surface area contributed by atoms with Gasteiger partial charge in [0.1, 0.15) is 6.04 Å². The molecule has 0 saturated heterocycles. The zero-order valence-corrected chi connectivity index (χ0v) is 18.8. The zero-order valence-electron chi connectivity index (χ0n) is 18.8. The number of carbonyl (C=O) groups excluding carboxylic acids is 1. The Bertz CT molecular complexity index is 1170. The molecule has 0 spiro atoms. The van der Waals surface area contributed by atoms with Crippen molar-refractivity contribution < 1.29 is 23.7 Å². The van der Waals surface area contributed by atoms with Crippen LogP contribution in [0.1, 0.15) is 22.9 Å². The first-order chi connectivity index (χ1) is 15.3. The van der Waals surface area contributed by atoms with Gasteiger partial charge in [0.05, 0.1) is 32.8 Å². The zero-order chi connectivity index (χ0) is 23.4. The summed E-state index contributed by atoms with van der Waals surface area (Å²) in [5.74, 6) is 0.980. The third-order valence-corrected chi connectivity index (χ3v) is 4.88. The van der Waals surface area contributed by atoms with Crippen molar-refractivity contribution in [1.29, 1.82) is 5.26 Å². The second-order valence-electron chi connectivity index (χ2n) is 7.08. The summed E-state index contributed by atoms with van der Waals surface area (Å²) in [5.41, 5.74) is 2.97. The van der Waals surface area contributed by atoms with Gasteiger partial charge in [-0.25, -0.2) is 9.67 Å². The fraction of sp³-hybridized carbons (Fsp3) is 0.364. The molecule has 2 aromatic heterocycles. The van der Waals surface area contributed by atoms with Gasteiger partial charge in [0.2, 0.25) is 11.6 Å². The van der Waals surface area contributed by atoms with Crippen LogP contribution in [-0.4, -0.2) is 48.6 Å². The predicted octanol–water partition coefficient (Wildman–Crippen LogP) is 2.37. The molecule has 1 unspecified atom stereocenters. The molecule has 3 aromatic rings. The number of ether oxygens (including phenoxy) is 4. The Labute approximate surface area is 185 Å². The molecular formula is C22H25N5O5. The minimum absolute atomic E-state index is 0.309. The first-order valence-corrected chi connectivity index (χ1v) is 9.75. The van der Waals surface area contributed by atoms with Crippen molar-refractivity contribution in [2.45, 2.75) is 19.9 Å². The number of hydrogen-bond donors (Lipinski definition) is 1. The van der Waals surface area contributed by atoms with Gasteiger partial charge < -0.3 is 24.3 Å². The number of pyridine rings is 1. The second-order valence-corrected chi connectivity index (χ2v) is 7.08. The predicted molar refractivity (Wildman–Crippen MR) is 116 cm³/mol. The highest BCUT2D eigenvalue weighted by atomic mass is 16.5. The lowest BCUT2D eigenvalue weighted by molar-refractivity contribution is -0.123. The molecule has 2 heterocycles. The molecule has 0 radical (unpaired) electrons. The number of hydrogen-bond acceptors (Lipinski definition) is 8. The van der Waals surface area contributed by atoms with E-state index in [9.17, 15) is 10.1 Å². The number of nitriles is 1. The lowest BCUT2D eigenvalue weighted by Crippen LogP contribution is -2.32. The van der Waals surface area contributed by atoms with E-state index in [0.29, 0.717) is 34.3 Å². The minimum atomic E-state index is -0.952. The molecule has 32 heavy (non-hydrogen) atoms. The standard InChI is InChI=1S/C22H25N5O5/c1-12-7-13(2)24-21-19(12)22(26-27(21)3)32-11-18(28)25-15(10-23)14-8-16(29-4)20(31-6)17(9-14)30-5/h7-9,15H,11H2,1-6H3,(H,25,28). The van der Waals surface area contributed by atoms with Crippen LogP contribution in [0.4, 0.5) is 0 Å². The number of amides is 1. The number of aryl methyl sites for hydroxylation is 3. The molecule has 0 aliphatic carbocycles. The van der Waals surface area contributed by atoms with Crippen LogP contribution in [-0.2, 0) is 11.8 Å². The number of fused-ring (bicyclic) bond motifs is 1. The van der Waals surface area contributed by atoms with Crippen molar-refractivity contribution in [2.75, 3.05) is 27.9 Å². The molecule has 1 aromatic carbocycles. The van der Waals surface area contributed by atoms with E-state index in [1.54, 1.807) is 23.9 Å². The summed E-state index contributed by atoms with van der Waals surface area (Å²) in [5, 5.41) is 17.3. The fourth-order valence-electron chi connectivity index (χ4n) is 3.44. The Morgan fingerprint density at radius 1 is 1.16 bits per heavy atom. The highest BCUT2D eigenvalue weighted by molar-refractivity contribution is 5.86. The minimum Gasteiger partial charge on any atom is -0.493 e. The summed E-state index contributed by atoms with van der Waals surface area (Å²) in [6.07, 6.45) is 0. The molecule has 10 nitrogen and oxygen atoms in total. The first kappa shape index (κ1) is 22.7. The number of nitrogens with zero attached hydrogens (tertiary/aromatic N) is 4. The van der Waals surface area contributed by atoms with Crippen molar-refractivity contribution in [3.63, 3.8) is 0 Å². The molecule has 3 rings (SSSR count). The van der Waals surface area contributed by atoms with Gasteiger partial charge in [0.15, 0.2) is 23.8 Å². The average molecular weight is 439 g/mol. The van der Waals surface area contributed by atoms with Crippen LogP contribution in [0.2, 0.25) is 0 Å². The van der Waals surface area contributed by atoms with Gasteiger partial charge in [0.25, 0.3) is 5.91 Å². The maximum atomic E-state index is 12.5. The SMILES string of the molecule is COc1cc(C(C#N)NC(=O)COc2nn(C)c3nc(C)cc(C)c23)cc(OC)c1OC. The van der Waals surface area contributed by atoms with E-state index in [2.05, 4.69) is 21.5 Å². The Kier molecular flexibility index (Phi) is 6.68. The van der Waals surface area contributed by atoms with Crippen molar-refractivity contribution in [1.82, 2.24) is 20.1 Å². The van der Waals surface area contributed by atoms with Crippen LogP contribution in [0.3, 0.4) is 0 Å². The molecule has 168 valence electrons. The monoisotopic (exact) mass is 439 g/mol. The van der Waals surface area contributed by atoms with E-state index >= 15 is 0 Å². The van der Waals surface area contributed by atoms with E-state index in [4.69, 9.17) is 18.9 Å². The van der Waals surface area contributed by atoms with Crippen molar-refractivity contribution >= 4 is 16.9 Å². The fourth-order valence-corrected chi connectivity index (χ4v) is 3.44. The third-order valence-electron chi connectivity index (χ3n) is 4.88. The van der Waals surface area contributed by atoms with E-state index in [1.165, 1.54) is 21.3 Å². The van der Waals surface area contributed by atoms with Crippen molar-refractivity contribution in [3.05, 3.63) is 35.0 Å². The maximum absolute atomic E-state index is 12.5. The smallest absolute Gasteiger partial charge is 0.259 e. The first-order valence-electron chi connectivity index (χ1n) is 9.75. The molecule has 0 bridgehead atoms. The Morgan fingerprint density at radius 3 is 2.38 bits per heavy atom. The number of methoxy groups -OCH3 is 3. The van der Waals surface area contributed by atoms with E-state index in [1.807, 2.05) is 19.9 Å². The molecule has 10 heteroatoms. The normalized spacial score (nSPS) is 11.5. The summed E-state index contributed by atoms with van der Waals surface area (Å²) >= 11 is 0. The van der Waals surface area contributed by atoms with Crippen LogP contribution >= 0.6 is 0 Å². The second kappa shape index (κ2) is 9.43. The molecule has 0 aliphatic heterocycles. The molecule has 1 atom stereocenters. The maximum Gasteiger partial charge on any atom is 0.259 e. The molecular weight excluding hydrogens is 414 g/mol. The van der Waals surface area contributed by atoms with Crippen LogP contribution in [0.25, 0.3) is 11.0 Å². The van der Waals surface area contributed by atoms with Crippen LogP contribution in [0.5, 0.6) is 23.1 Å². The average Bonchev–Trinajstić information content (AvgIpc) is 3.10. The highest BCUT2D eigenvalue weighted by Gasteiger charge is 2.21. The largest absolute Gasteiger partial charge is 0.493 e. The topological polar surface area (TPSA) is 121 Å². The highest BCUT2D eigenvalue weighted by Crippen LogP contribution is 2.39. The van der Waals surface area contributed by atoms with E-state index in [-0.39, 0.29) is 6.61 Å². The summed E-state index contributed by atoms with van der Waals surface area (Å²) in [6, 6.07) is 6.26. The molecule has 1 amide bonds. The van der Waals surface area contributed by atoms with Crippen LogP contribution in [0, 0.1) is 25.2 Å². The van der Waals surface area contributed by atoms with Crippen LogP contribution < -0.4 is 24.3 Å². The molecule has 1 N–H and O–H groups in total. The number of aromatic nitrogens is 3. The van der Waals surface area contributed by atoms with Gasteiger partial charge >= 0.3 is 0 Å². The Morgan fingerprint density at radius 2 is 1.81 bits per heavy atom. The van der Waals surface area contributed by atoms with Crippen molar-refractivity contribution in [3.8, 4) is 29.2 Å². The number of rotatable bonds is 8. The third kappa shape index (κ3) is 4.37. The lowest BCUT2D eigenvalue weighted by Gasteiger charge is -2.17. The summed E-state index contributed by atoms with van der Waals surface area (Å²) in [6.45, 7) is 3.52. The number of nitrogens with one attached hydrogen (secondary N) is 1. The lowest BCUT2D eigenvalue weighted by atomic mass is 10.1. The molecule has 0 fully saturated rings. The van der Waals surface area contributed by atoms with Crippen molar-refractivity contribution in [2.24, 2.45) is 7.05 Å². The van der Waals surface area contributed by atoms with E-state index < -0.39 is 11.9 Å². The van der Waals surface area contributed by atoms with Crippen LogP contribution in [0.15, 0.2) is 18.2 Å². The van der Waals surface area contributed by atoms with Gasteiger partial charge in [-0.1, -0.05) is 0 Å². The Hall–Kier alpha value is -4.00. The molecule has 0 aliphatic rings. The Balaban J connectivity index is 1.78. The summed E-state index contributed by atoms with van der Waals surface area (Å²) in [4.78, 5) is 17.0. The van der Waals surface area contributed by atoms with Gasteiger partial charge in [-0.05, 0) is 43.2 Å². The number of carbonyl (C=O) groups is 1. The number of benzene rings is 1. The van der Waals surface area contributed by atoms with Gasteiger partial charge in [-0.3, -0.25) is 4.79 Å². The van der Waals surface area contributed by atoms with E-state index in [0.717, 1.165) is 16.6 Å². The summed E-state index contributed by atoms with van der Waals surface area (Å²) < 4.78 is 23.2. The summed E-state index contributed by atoms with van der Waals surface area (Å²) in [7, 11) is 6.20. The van der Waals surface area contributed by atoms with Gasteiger partial charge in [-0.2, -0.15) is 5.26 Å². The molecule has 0 saturated carbocycles. The quantitative estimate of drug-likeness (QED) is 0.568. The van der Waals surface area contributed by atoms with Gasteiger partial charge in [-0.15, -0.1) is 5.10 Å².